The summed E-state index contributed by atoms with van der Waals surface area (Å²) in [5.41, 5.74) is -0.295. The Hall–Kier alpha value is -5.02. The van der Waals surface area contributed by atoms with Gasteiger partial charge in [0.25, 0.3) is 11.8 Å². The molecular weight excluding hydrogens is 630 g/mol. The molecule has 3 atom stereocenters. The van der Waals surface area contributed by atoms with Crippen LogP contribution in [0.25, 0.3) is 10.8 Å². The lowest BCUT2D eigenvalue weighted by Gasteiger charge is -2.40. The number of ether oxygens (including phenoxy) is 1. The number of rotatable bonds is 15. The fourth-order valence-electron chi connectivity index (χ4n) is 5.96. The summed E-state index contributed by atoms with van der Waals surface area (Å²) in [5.74, 6) is -2.74. The molecule has 4 aromatic rings. The summed E-state index contributed by atoms with van der Waals surface area (Å²) in [6, 6.07) is 32.1. The molecule has 0 bridgehead atoms. The van der Waals surface area contributed by atoms with Crippen LogP contribution in [0.15, 0.2) is 103 Å². The maximum absolute atomic E-state index is 14.3. The van der Waals surface area contributed by atoms with Gasteiger partial charge in [0.15, 0.2) is 0 Å². The van der Waals surface area contributed by atoms with E-state index >= 15 is 0 Å². The molecule has 0 radical (unpaired) electrons. The molecule has 1 unspecified atom stereocenters. The maximum Gasteiger partial charge on any atom is 0.407 e. The minimum absolute atomic E-state index is 0.0138. The lowest BCUT2D eigenvalue weighted by molar-refractivity contribution is -0.137. The van der Waals surface area contributed by atoms with Crippen LogP contribution in [-0.4, -0.2) is 52.7 Å². The number of aliphatic hydroxyl groups is 1. The zero-order valence-corrected chi connectivity index (χ0v) is 29.4. The van der Waals surface area contributed by atoms with Crippen LogP contribution in [0.1, 0.15) is 74.9 Å². The van der Waals surface area contributed by atoms with Gasteiger partial charge < -0.3 is 20.5 Å². The average molecular weight is 680 g/mol. The molecule has 4 rings (SSSR count). The normalized spacial score (nSPS) is 13.8. The summed E-state index contributed by atoms with van der Waals surface area (Å²) in [6.45, 7) is 6.55. The quantitative estimate of drug-likeness (QED) is 0.106. The first-order valence-electron chi connectivity index (χ1n) is 17.2. The molecule has 264 valence electrons. The first kappa shape index (κ1) is 37.8. The molecule has 4 aromatic carbocycles. The summed E-state index contributed by atoms with van der Waals surface area (Å²) >= 11 is 0. The van der Waals surface area contributed by atoms with Gasteiger partial charge in [-0.1, -0.05) is 104 Å². The molecule has 0 heterocycles. The molecule has 9 nitrogen and oxygen atoms in total. The van der Waals surface area contributed by atoms with Crippen LogP contribution >= 0.6 is 0 Å². The largest absolute Gasteiger partial charge is 0.444 e. The van der Waals surface area contributed by atoms with Crippen molar-refractivity contribution in [2.75, 3.05) is 6.54 Å². The Labute approximate surface area is 294 Å². The van der Waals surface area contributed by atoms with Crippen molar-refractivity contribution in [2.24, 2.45) is 5.92 Å². The zero-order chi connectivity index (χ0) is 36.1. The molecule has 0 spiro atoms. The number of aliphatic hydroxyl groups excluding tert-OH is 1. The second kappa shape index (κ2) is 17.6. The number of benzene rings is 4. The van der Waals surface area contributed by atoms with Crippen LogP contribution in [0.3, 0.4) is 0 Å². The van der Waals surface area contributed by atoms with Crippen LogP contribution in [0.4, 0.5) is 4.79 Å². The molecule has 4 N–H and O–H groups in total. The van der Waals surface area contributed by atoms with Crippen LogP contribution in [0.5, 0.6) is 0 Å². The van der Waals surface area contributed by atoms with E-state index in [-0.39, 0.29) is 30.9 Å². The van der Waals surface area contributed by atoms with Crippen molar-refractivity contribution in [3.05, 3.63) is 120 Å². The highest BCUT2D eigenvalue weighted by atomic mass is 16.6. The van der Waals surface area contributed by atoms with Crippen molar-refractivity contribution in [3.63, 3.8) is 0 Å². The number of aryl methyl sites for hydroxylation is 1. The van der Waals surface area contributed by atoms with E-state index in [1.165, 1.54) is 16.3 Å². The van der Waals surface area contributed by atoms with E-state index in [1.807, 2.05) is 42.5 Å². The van der Waals surface area contributed by atoms with Crippen molar-refractivity contribution < 1.29 is 29.0 Å². The Bertz CT molecular complexity index is 1740. The van der Waals surface area contributed by atoms with Gasteiger partial charge >= 0.3 is 6.09 Å². The van der Waals surface area contributed by atoms with E-state index in [9.17, 15) is 24.3 Å². The fraction of sp³-hybridized carbons (Fsp3) is 0.366. The molecular formula is C41H49N3O6. The van der Waals surface area contributed by atoms with Crippen molar-refractivity contribution in [2.45, 2.75) is 83.5 Å². The Kier molecular flexibility index (Phi) is 13.3. The van der Waals surface area contributed by atoms with E-state index in [4.69, 9.17) is 4.74 Å². The van der Waals surface area contributed by atoms with E-state index in [0.717, 1.165) is 19.3 Å². The highest BCUT2D eigenvalue weighted by molar-refractivity contribution is 6.08. The van der Waals surface area contributed by atoms with Crippen molar-refractivity contribution in [3.8, 4) is 0 Å². The van der Waals surface area contributed by atoms with Gasteiger partial charge in [-0.05, 0) is 74.1 Å². The summed E-state index contributed by atoms with van der Waals surface area (Å²) in [7, 11) is 0. The third-order valence-corrected chi connectivity index (χ3v) is 8.75. The summed E-state index contributed by atoms with van der Waals surface area (Å²) < 4.78 is 5.32. The first-order valence-corrected chi connectivity index (χ1v) is 17.2. The molecule has 4 amide bonds. The predicted molar refractivity (Wildman–Crippen MR) is 195 cm³/mol. The van der Waals surface area contributed by atoms with Crippen molar-refractivity contribution in [1.29, 1.82) is 0 Å². The van der Waals surface area contributed by atoms with E-state index in [1.54, 1.807) is 58.0 Å². The Balaban J connectivity index is 1.52. The van der Waals surface area contributed by atoms with Gasteiger partial charge in [0.05, 0.1) is 6.10 Å². The van der Waals surface area contributed by atoms with Gasteiger partial charge in [0, 0.05) is 30.9 Å². The number of carbonyl (C=O) groups is 4. The third kappa shape index (κ3) is 11.0. The van der Waals surface area contributed by atoms with E-state index in [2.05, 4.69) is 46.3 Å². The van der Waals surface area contributed by atoms with Gasteiger partial charge in [-0.25, -0.2) is 4.79 Å². The Morgan fingerprint density at radius 1 is 0.760 bits per heavy atom. The molecule has 0 fully saturated rings. The molecule has 50 heavy (non-hydrogen) atoms. The topological polar surface area (TPSA) is 134 Å². The number of carbonyl (C=O) groups excluding carboxylic acids is 4. The monoisotopic (exact) mass is 679 g/mol. The Morgan fingerprint density at radius 2 is 1.40 bits per heavy atom. The lowest BCUT2D eigenvalue weighted by Crippen LogP contribution is -2.67. The van der Waals surface area contributed by atoms with Crippen molar-refractivity contribution in [1.82, 2.24) is 16.0 Å². The lowest BCUT2D eigenvalue weighted by atomic mass is 9.75. The van der Waals surface area contributed by atoms with Crippen LogP contribution in [-0.2, 0) is 27.2 Å². The maximum atomic E-state index is 14.3. The molecule has 0 aromatic heterocycles. The number of amides is 4. The molecule has 9 heteroatoms. The molecule has 0 aliphatic heterocycles. The van der Waals surface area contributed by atoms with Gasteiger partial charge in [0.1, 0.15) is 11.1 Å². The second-order valence-corrected chi connectivity index (χ2v) is 13.8. The predicted octanol–water partition coefficient (Wildman–Crippen LogP) is 6.52. The second-order valence-electron chi connectivity index (χ2n) is 13.8. The minimum Gasteiger partial charge on any atom is -0.444 e. The van der Waals surface area contributed by atoms with Crippen LogP contribution in [0.2, 0.25) is 0 Å². The number of alkyl carbamates (subject to hydrolysis) is 1. The molecule has 0 saturated heterocycles. The minimum atomic E-state index is -1.76. The summed E-state index contributed by atoms with van der Waals surface area (Å²) in [6.07, 6.45) is 1.25. The number of hydrogen-bond acceptors (Lipinski definition) is 6. The van der Waals surface area contributed by atoms with E-state index in [0.29, 0.717) is 12.0 Å². The highest BCUT2D eigenvalue weighted by Crippen LogP contribution is 2.28. The van der Waals surface area contributed by atoms with E-state index < -0.39 is 41.1 Å². The van der Waals surface area contributed by atoms with Gasteiger partial charge in [-0.2, -0.15) is 0 Å². The molecule has 0 aliphatic rings. The summed E-state index contributed by atoms with van der Waals surface area (Å²) in [5, 5.41) is 21.8. The van der Waals surface area contributed by atoms with Crippen LogP contribution < -0.4 is 16.0 Å². The average Bonchev–Trinajstić information content (AvgIpc) is 3.09. The first-order chi connectivity index (χ1) is 23.9. The number of nitrogens with one attached hydrogen (secondary N) is 3. The molecule has 0 saturated carbocycles. The summed E-state index contributed by atoms with van der Waals surface area (Å²) in [4.78, 5) is 53.7. The molecule has 0 aliphatic carbocycles. The number of imide groups is 1. The smallest absolute Gasteiger partial charge is 0.407 e. The van der Waals surface area contributed by atoms with Crippen molar-refractivity contribution >= 4 is 34.6 Å². The third-order valence-electron chi connectivity index (χ3n) is 8.75. The zero-order valence-electron chi connectivity index (χ0n) is 29.4. The van der Waals surface area contributed by atoms with Crippen LogP contribution in [0, 0.1) is 5.92 Å². The van der Waals surface area contributed by atoms with Gasteiger partial charge in [0.2, 0.25) is 5.91 Å². The number of unbranched alkanes of at least 4 members (excludes halogenated alkanes) is 2. The standard InChI is InChI=1S/C41H49N3O6/c1-29(35(45)28-42-39(49)50-40(2,3)4)41(27-31-17-9-5-10-18-31,38(48)43-37(47)33-20-11-7-12-21-33)44-36(46)23-13-6-8-16-30-24-25-32-19-14-15-22-34(32)26-30/h5,7,9-12,14-15,17-22,24-26,29,35,45H,6,8,13,16,23,27-28H2,1-4H3,(H,42,49)(H,44,46)(H,43,47,48)/t29-,35?,41+/m0/s1. The number of hydrogen-bond donors (Lipinski definition) is 4. The SMILES string of the molecule is C[C@@H](C(O)CNC(=O)OC(C)(C)C)[C@@](Cc1ccccc1)(NC(=O)CCCCCc1ccc2ccccc2c1)C(=O)NC(=O)c1ccccc1. The Morgan fingerprint density at radius 3 is 2.08 bits per heavy atom. The van der Waals surface area contributed by atoms with Gasteiger partial charge in [-0.15, -0.1) is 0 Å². The number of fused-ring (bicyclic) bond motifs is 1. The van der Waals surface area contributed by atoms with Gasteiger partial charge in [-0.3, -0.25) is 19.7 Å². The fourth-order valence-corrected chi connectivity index (χ4v) is 5.96. The highest BCUT2D eigenvalue weighted by Gasteiger charge is 2.48.